The van der Waals surface area contributed by atoms with Gasteiger partial charge in [0.2, 0.25) is 0 Å². The zero-order chi connectivity index (χ0) is 19.7. The average Bonchev–Trinajstić information content (AvgIpc) is 3.14. The molecule has 1 saturated heterocycles. The Morgan fingerprint density at radius 2 is 1.59 bits per heavy atom. The van der Waals surface area contributed by atoms with Crippen molar-refractivity contribution in [3.63, 3.8) is 0 Å². The van der Waals surface area contributed by atoms with Gasteiger partial charge in [-0.3, -0.25) is 5.01 Å². The predicted octanol–water partition coefficient (Wildman–Crippen LogP) is 4.04. The normalized spacial score (nSPS) is 21.2. The van der Waals surface area contributed by atoms with Crippen LogP contribution in [0.5, 0.6) is 0 Å². The van der Waals surface area contributed by atoms with Gasteiger partial charge in [0.15, 0.2) is 0 Å². The highest BCUT2D eigenvalue weighted by molar-refractivity contribution is 5.79. The molecule has 0 unspecified atom stereocenters. The van der Waals surface area contributed by atoms with E-state index in [1.54, 1.807) is 27.7 Å². The molecule has 0 spiro atoms. The minimum absolute atomic E-state index is 0.0906. The van der Waals surface area contributed by atoms with Crippen LogP contribution in [0.4, 0.5) is 15.3 Å². The van der Waals surface area contributed by atoms with Crippen LogP contribution in [0.25, 0.3) is 0 Å². The monoisotopic (exact) mass is 373 g/mol. The summed E-state index contributed by atoms with van der Waals surface area (Å²) in [6.07, 6.45) is 2.91. The lowest BCUT2D eigenvalue weighted by atomic mass is 10.1. The zero-order valence-electron chi connectivity index (χ0n) is 16.5. The standard InChI is InChI=1S/C20H27N3O4/c1-13(2)26-19(24)22-18-8-6-7-17(18)21(16-11-9-15(5)10-12-16)23(22)20(25)27-14(3)4/h6,8-14,17-18H,7H2,1-5H3/t17-,18+/m0/s1. The predicted molar refractivity (Wildman–Crippen MR) is 102 cm³/mol. The highest BCUT2D eigenvalue weighted by Gasteiger charge is 2.53. The number of amides is 2. The largest absolute Gasteiger partial charge is 0.449 e. The maximum atomic E-state index is 12.9. The molecule has 0 aromatic heterocycles. The first kappa shape index (κ1) is 19.1. The van der Waals surface area contributed by atoms with Gasteiger partial charge in [0.25, 0.3) is 0 Å². The van der Waals surface area contributed by atoms with Crippen molar-refractivity contribution < 1.29 is 19.1 Å². The van der Waals surface area contributed by atoms with Crippen molar-refractivity contribution in [1.82, 2.24) is 10.1 Å². The number of aryl methyl sites for hydroxylation is 1. The van der Waals surface area contributed by atoms with Gasteiger partial charge >= 0.3 is 12.2 Å². The minimum atomic E-state index is -0.603. The molecule has 2 amide bonds. The van der Waals surface area contributed by atoms with Crippen LogP contribution in [0.1, 0.15) is 39.7 Å². The number of ether oxygens (including phenoxy) is 2. The lowest BCUT2D eigenvalue weighted by Crippen LogP contribution is -2.53. The molecule has 2 atom stereocenters. The Kier molecular flexibility index (Phi) is 5.30. The van der Waals surface area contributed by atoms with Crippen LogP contribution < -0.4 is 5.01 Å². The first-order chi connectivity index (χ1) is 12.8. The van der Waals surface area contributed by atoms with Gasteiger partial charge in [-0.25, -0.2) is 9.59 Å². The van der Waals surface area contributed by atoms with E-state index in [2.05, 4.69) is 0 Å². The number of fused-ring (bicyclic) bond motifs is 1. The van der Waals surface area contributed by atoms with Crippen molar-refractivity contribution in [2.45, 2.75) is 65.3 Å². The molecule has 2 aliphatic rings. The fourth-order valence-electron chi connectivity index (χ4n) is 3.36. The summed E-state index contributed by atoms with van der Waals surface area (Å²) in [4.78, 5) is 25.8. The number of rotatable bonds is 3. The molecule has 7 heteroatoms. The second-order valence-electron chi connectivity index (χ2n) is 7.40. The van der Waals surface area contributed by atoms with Crippen LogP contribution in [0.15, 0.2) is 36.4 Å². The molecule has 1 aliphatic heterocycles. The van der Waals surface area contributed by atoms with E-state index in [-0.39, 0.29) is 24.3 Å². The fraction of sp³-hybridized carbons (Fsp3) is 0.500. The number of carbonyl (C=O) groups is 2. The molecule has 146 valence electrons. The van der Waals surface area contributed by atoms with E-state index in [1.807, 2.05) is 48.4 Å². The zero-order valence-corrected chi connectivity index (χ0v) is 16.5. The van der Waals surface area contributed by atoms with E-state index in [9.17, 15) is 9.59 Å². The van der Waals surface area contributed by atoms with E-state index in [0.717, 1.165) is 17.7 Å². The molecule has 3 rings (SSSR count). The van der Waals surface area contributed by atoms with Gasteiger partial charge in [-0.1, -0.05) is 29.8 Å². The van der Waals surface area contributed by atoms with Crippen molar-refractivity contribution in [2.75, 3.05) is 5.01 Å². The van der Waals surface area contributed by atoms with Crippen molar-refractivity contribution in [2.24, 2.45) is 0 Å². The number of hydrogen-bond donors (Lipinski definition) is 0. The molecular formula is C20H27N3O4. The Morgan fingerprint density at radius 1 is 1.00 bits per heavy atom. The number of carbonyl (C=O) groups excluding carboxylic acids is 2. The van der Waals surface area contributed by atoms with Crippen LogP contribution in [0.2, 0.25) is 0 Å². The van der Waals surface area contributed by atoms with Crippen LogP contribution in [0.3, 0.4) is 0 Å². The first-order valence-corrected chi connectivity index (χ1v) is 9.32. The molecule has 0 saturated carbocycles. The van der Waals surface area contributed by atoms with E-state index in [4.69, 9.17) is 9.47 Å². The lowest BCUT2D eigenvalue weighted by Gasteiger charge is -2.35. The van der Waals surface area contributed by atoms with Crippen LogP contribution in [-0.4, -0.2) is 46.6 Å². The Bertz CT molecular complexity index is 729. The Labute approximate surface area is 160 Å². The van der Waals surface area contributed by atoms with Crippen molar-refractivity contribution >= 4 is 17.9 Å². The number of nitrogens with zero attached hydrogens (tertiary/aromatic N) is 3. The van der Waals surface area contributed by atoms with Crippen LogP contribution in [0, 0.1) is 6.92 Å². The second kappa shape index (κ2) is 7.50. The first-order valence-electron chi connectivity index (χ1n) is 9.32. The topological polar surface area (TPSA) is 62.3 Å². The van der Waals surface area contributed by atoms with Gasteiger partial charge in [-0.2, -0.15) is 5.01 Å². The molecule has 0 N–H and O–H groups in total. The van der Waals surface area contributed by atoms with E-state index >= 15 is 0 Å². The molecule has 1 aliphatic carbocycles. The van der Waals surface area contributed by atoms with Gasteiger partial charge in [-0.05, 0) is 53.2 Å². The SMILES string of the molecule is Cc1ccc(N2[C@H]3CC=C[C@H]3N(C(=O)OC(C)C)N2C(=O)OC(C)C)cc1. The van der Waals surface area contributed by atoms with Gasteiger partial charge < -0.3 is 9.47 Å². The summed E-state index contributed by atoms with van der Waals surface area (Å²) in [5, 5.41) is 4.48. The Hall–Kier alpha value is -2.70. The number of hydrazine groups is 2. The number of benzene rings is 1. The smallest absolute Gasteiger partial charge is 0.445 e. The van der Waals surface area contributed by atoms with Crippen molar-refractivity contribution in [1.29, 1.82) is 0 Å². The molecule has 1 aromatic rings. The second-order valence-corrected chi connectivity index (χ2v) is 7.40. The molecule has 1 aromatic carbocycles. The van der Waals surface area contributed by atoms with Gasteiger partial charge in [0.05, 0.1) is 30.0 Å². The highest BCUT2D eigenvalue weighted by atomic mass is 16.6. The third kappa shape index (κ3) is 3.72. The maximum Gasteiger partial charge on any atom is 0.449 e. The summed E-state index contributed by atoms with van der Waals surface area (Å²) in [6.45, 7) is 9.13. The third-order valence-corrected chi connectivity index (χ3v) is 4.43. The van der Waals surface area contributed by atoms with E-state index < -0.39 is 12.2 Å². The van der Waals surface area contributed by atoms with Crippen LogP contribution >= 0.6 is 0 Å². The number of hydrogen-bond acceptors (Lipinski definition) is 5. The van der Waals surface area contributed by atoms with E-state index in [1.165, 1.54) is 10.1 Å². The average molecular weight is 373 g/mol. The summed E-state index contributed by atoms with van der Waals surface area (Å²) in [6, 6.07) is 7.46. The molecule has 27 heavy (non-hydrogen) atoms. The molecule has 1 heterocycles. The molecule has 0 bridgehead atoms. The highest BCUT2D eigenvalue weighted by Crippen LogP contribution is 2.38. The molecule has 0 radical (unpaired) electrons. The van der Waals surface area contributed by atoms with Crippen molar-refractivity contribution in [3.8, 4) is 0 Å². The van der Waals surface area contributed by atoms with Gasteiger partial charge in [-0.15, -0.1) is 5.12 Å². The molecule has 7 nitrogen and oxygen atoms in total. The summed E-state index contributed by atoms with van der Waals surface area (Å²) >= 11 is 0. The lowest BCUT2D eigenvalue weighted by molar-refractivity contribution is -0.0230. The number of anilines is 1. The Balaban J connectivity index is 2.02. The van der Waals surface area contributed by atoms with E-state index in [0.29, 0.717) is 0 Å². The Morgan fingerprint density at radius 3 is 2.19 bits per heavy atom. The molecule has 1 fully saturated rings. The minimum Gasteiger partial charge on any atom is -0.445 e. The van der Waals surface area contributed by atoms with Gasteiger partial charge in [0.1, 0.15) is 0 Å². The summed E-state index contributed by atoms with van der Waals surface area (Å²) < 4.78 is 10.8. The third-order valence-electron chi connectivity index (χ3n) is 4.43. The summed E-state index contributed by atoms with van der Waals surface area (Å²) in [7, 11) is 0. The molecular weight excluding hydrogens is 346 g/mol. The summed E-state index contributed by atoms with van der Waals surface area (Å²) in [5.41, 5.74) is 1.94. The van der Waals surface area contributed by atoms with Crippen LogP contribution in [-0.2, 0) is 9.47 Å². The maximum absolute atomic E-state index is 12.9. The quantitative estimate of drug-likeness (QED) is 0.749. The fourth-order valence-corrected chi connectivity index (χ4v) is 3.36. The van der Waals surface area contributed by atoms with Crippen molar-refractivity contribution in [3.05, 3.63) is 42.0 Å². The summed E-state index contributed by atoms with van der Waals surface area (Å²) in [5.74, 6) is 0. The van der Waals surface area contributed by atoms with Gasteiger partial charge in [0, 0.05) is 0 Å².